The van der Waals surface area contributed by atoms with Gasteiger partial charge in [-0.3, -0.25) is 4.90 Å². The highest BCUT2D eigenvalue weighted by Crippen LogP contribution is 2.36. The van der Waals surface area contributed by atoms with Gasteiger partial charge in [-0.2, -0.15) is 4.98 Å². The number of aryl methyl sites for hydroxylation is 1. The number of hydrogen-bond acceptors (Lipinski definition) is 5. The number of hydrogen-bond donors (Lipinski definition) is 1. The van der Waals surface area contributed by atoms with Crippen molar-refractivity contribution in [1.29, 1.82) is 0 Å². The van der Waals surface area contributed by atoms with E-state index in [1.165, 1.54) is 12.8 Å². The van der Waals surface area contributed by atoms with E-state index >= 15 is 0 Å². The molecule has 3 rings (SSSR count). The summed E-state index contributed by atoms with van der Waals surface area (Å²) < 4.78 is 5.24. The first kappa shape index (κ1) is 11.2. The van der Waals surface area contributed by atoms with Crippen molar-refractivity contribution in [3.05, 3.63) is 11.7 Å². The Morgan fingerprint density at radius 3 is 2.65 bits per heavy atom. The molecule has 5 heteroatoms. The number of rotatable bonds is 3. The van der Waals surface area contributed by atoms with E-state index in [2.05, 4.69) is 15.0 Å². The van der Waals surface area contributed by atoms with E-state index in [9.17, 15) is 5.11 Å². The van der Waals surface area contributed by atoms with E-state index in [0.29, 0.717) is 12.1 Å². The third kappa shape index (κ3) is 2.09. The van der Waals surface area contributed by atoms with Gasteiger partial charge in [0.25, 0.3) is 0 Å². The highest BCUT2D eigenvalue weighted by molar-refractivity contribution is 4.97. The quantitative estimate of drug-likeness (QED) is 0.853. The van der Waals surface area contributed by atoms with Crippen LogP contribution in [0.5, 0.6) is 0 Å². The van der Waals surface area contributed by atoms with Crippen molar-refractivity contribution >= 4 is 0 Å². The Bertz CT molecular complexity index is 379. The second-order valence-electron chi connectivity index (χ2n) is 5.14. The van der Waals surface area contributed by atoms with Gasteiger partial charge >= 0.3 is 0 Å². The number of piperidine rings is 1. The van der Waals surface area contributed by atoms with Gasteiger partial charge in [0.2, 0.25) is 5.89 Å². The molecule has 0 spiro atoms. The summed E-state index contributed by atoms with van der Waals surface area (Å²) >= 11 is 0. The van der Waals surface area contributed by atoms with Crippen molar-refractivity contribution in [3.8, 4) is 0 Å². The Kier molecular flexibility index (Phi) is 2.88. The van der Waals surface area contributed by atoms with Crippen LogP contribution in [0.4, 0.5) is 0 Å². The standard InChI is InChI=1S/C12H19N3O2/c1-2-11-13-12(17-14-11)7-15-8-3-4-9(15)6-10(16)5-8/h8-10,16H,2-7H2,1H3. The Hall–Kier alpha value is -0.940. The first-order valence-corrected chi connectivity index (χ1v) is 6.51. The second kappa shape index (κ2) is 4.38. The van der Waals surface area contributed by atoms with Gasteiger partial charge in [0.05, 0.1) is 12.6 Å². The first-order chi connectivity index (χ1) is 8.26. The second-order valence-corrected chi connectivity index (χ2v) is 5.14. The molecule has 0 aliphatic carbocycles. The minimum atomic E-state index is -0.113. The van der Waals surface area contributed by atoms with E-state index in [-0.39, 0.29) is 6.10 Å². The molecule has 0 radical (unpaired) electrons. The molecule has 5 nitrogen and oxygen atoms in total. The maximum absolute atomic E-state index is 9.74. The lowest BCUT2D eigenvalue weighted by Crippen LogP contribution is -2.44. The molecule has 2 fully saturated rings. The fourth-order valence-corrected chi connectivity index (χ4v) is 3.16. The molecule has 2 saturated heterocycles. The molecule has 1 aromatic heterocycles. The van der Waals surface area contributed by atoms with Gasteiger partial charge in [0, 0.05) is 18.5 Å². The van der Waals surface area contributed by atoms with Crippen molar-refractivity contribution in [2.45, 2.75) is 63.8 Å². The molecule has 2 aliphatic rings. The van der Waals surface area contributed by atoms with Crippen molar-refractivity contribution < 1.29 is 9.63 Å². The summed E-state index contributed by atoms with van der Waals surface area (Å²) in [4.78, 5) is 6.79. The lowest BCUT2D eigenvalue weighted by Gasteiger charge is -2.36. The molecular formula is C12H19N3O2. The summed E-state index contributed by atoms with van der Waals surface area (Å²) in [6.07, 6.45) is 4.87. The van der Waals surface area contributed by atoms with Crippen molar-refractivity contribution in [1.82, 2.24) is 15.0 Å². The molecule has 2 atom stereocenters. The molecule has 17 heavy (non-hydrogen) atoms. The van der Waals surface area contributed by atoms with Crippen LogP contribution in [-0.4, -0.2) is 38.3 Å². The van der Waals surface area contributed by atoms with Crippen LogP contribution in [0.2, 0.25) is 0 Å². The lowest BCUT2D eigenvalue weighted by atomic mass is 10.00. The predicted molar refractivity (Wildman–Crippen MR) is 61.3 cm³/mol. The van der Waals surface area contributed by atoms with Crippen LogP contribution in [0.1, 0.15) is 44.3 Å². The van der Waals surface area contributed by atoms with Crippen molar-refractivity contribution in [3.63, 3.8) is 0 Å². The van der Waals surface area contributed by atoms with Gasteiger partial charge in [-0.05, 0) is 25.7 Å². The van der Waals surface area contributed by atoms with E-state index in [4.69, 9.17) is 4.52 Å². The zero-order valence-corrected chi connectivity index (χ0v) is 10.2. The SMILES string of the molecule is CCc1noc(CN2C3CCC2CC(O)C3)n1. The smallest absolute Gasteiger partial charge is 0.240 e. The molecule has 2 unspecified atom stereocenters. The summed E-state index contributed by atoms with van der Waals surface area (Å²) in [7, 11) is 0. The topological polar surface area (TPSA) is 62.4 Å². The molecule has 3 heterocycles. The van der Waals surface area contributed by atoms with Crippen molar-refractivity contribution in [2.75, 3.05) is 0 Å². The molecule has 1 aromatic rings. The summed E-state index contributed by atoms with van der Waals surface area (Å²) in [5, 5.41) is 13.7. The maximum Gasteiger partial charge on any atom is 0.240 e. The predicted octanol–water partition coefficient (Wildman–Crippen LogP) is 1.12. The molecule has 1 N–H and O–H groups in total. The molecule has 0 amide bonds. The van der Waals surface area contributed by atoms with E-state index < -0.39 is 0 Å². The highest BCUT2D eigenvalue weighted by Gasteiger charge is 2.40. The normalized spacial score (nSPS) is 33.2. The van der Waals surface area contributed by atoms with Crippen LogP contribution in [0.15, 0.2) is 4.52 Å². The summed E-state index contributed by atoms with van der Waals surface area (Å²) in [5.41, 5.74) is 0. The van der Waals surface area contributed by atoms with Crippen LogP contribution in [0.25, 0.3) is 0 Å². The van der Waals surface area contributed by atoms with Crippen LogP contribution in [0.3, 0.4) is 0 Å². The molecule has 0 saturated carbocycles. The molecule has 2 bridgehead atoms. The van der Waals surface area contributed by atoms with E-state index in [0.717, 1.165) is 37.5 Å². The Morgan fingerprint density at radius 1 is 1.35 bits per heavy atom. The fourth-order valence-electron chi connectivity index (χ4n) is 3.16. The summed E-state index contributed by atoms with van der Waals surface area (Å²) in [6.45, 7) is 2.77. The Morgan fingerprint density at radius 2 is 2.06 bits per heavy atom. The van der Waals surface area contributed by atoms with Crippen LogP contribution in [-0.2, 0) is 13.0 Å². The first-order valence-electron chi connectivity index (χ1n) is 6.51. The van der Waals surface area contributed by atoms with Crippen LogP contribution >= 0.6 is 0 Å². The van der Waals surface area contributed by atoms with Gasteiger partial charge in [0.1, 0.15) is 0 Å². The van der Waals surface area contributed by atoms with Gasteiger partial charge in [-0.25, -0.2) is 0 Å². The number of fused-ring (bicyclic) bond motifs is 2. The summed E-state index contributed by atoms with van der Waals surface area (Å²) in [6, 6.07) is 1.00. The third-order valence-electron chi connectivity index (χ3n) is 4.00. The average molecular weight is 237 g/mol. The number of aliphatic hydroxyl groups is 1. The number of nitrogens with zero attached hydrogens (tertiary/aromatic N) is 3. The van der Waals surface area contributed by atoms with Gasteiger partial charge in [0.15, 0.2) is 5.82 Å². The zero-order valence-electron chi connectivity index (χ0n) is 10.2. The van der Waals surface area contributed by atoms with Gasteiger partial charge in [-0.1, -0.05) is 12.1 Å². The minimum absolute atomic E-state index is 0.113. The van der Waals surface area contributed by atoms with Crippen LogP contribution < -0.4 is 0 Å². The maximum atomic E-state index is 9.74. The average Bonchev–Trinajstić information content (AvgIpc) is 2.85. The minimum Gasteiger partial charge on any atom is -0.393 e. The monoisotopic (exact) mass is 237 g/mol. The largest absolute Gasteiger partial charge is 0.393 e. The third-order valence-corrected chi connectivity index (χ3v) is 4.00. The van der Waals surface area contributed by atoms with E-state index in [1.54, 1.807) is 0 Å². The fraction of sp³-hybridized carbons (Fsp3) is 0.833. The van der Waals surface area contributed by atoms with E-state index in [1.807, 2.05) is 6.92 Å². The van der Waals surface area contributed by atoms with Gasteiger partial charge in [-0.15, -0.1) is 0 Å². The number of aromatic nitrogens is 2. The molecule has 2 aliphatic heterocycles. The number of aliphatic hydroxyl groups excluding tert-OH is 1. The zero-order chi connectivity index (χ0) is 11.8. The van der Waals surface area contributed by atoms with Crippen LogP contribution in [0, 0.1) is 0 Å². The molecule has 0 aromatic carbocycles. The summed E-state index contributed by atoms with van der Waals surface area (Å²) in [5.74, 6) is 1.50. The molecule has 94 valence electrons. The molecular weight excluding hydrogens is 218 g/mol. The van der Waals surface area contributed by atoms with Gasteiger partial charge < -0.3 is 9.63 Å². The van der Waals surface area contributed by atoms with Crippen molar-refractivity contribution in [2.24, 2.45) is 0 Å². The lowest BCUT2D eigenvalue weighted by molar-refractivity contribution is 0.0256. The highest BCUT2D eigenvalue weighted by atomic mass is 16.5. The Balaban J connectivity index is 1.69. The Labute approximate surface area is 101 Å².